The van der Waals surface area contributed by atoms with Crippen molar-refractivity contribution in [3.05, 3.63) is 11.6 Å². The van der Waals surface area contributed by atoms with Crippen molar-refractivity contribution in [3.8, 4) is 0 Å². The molecule has 1 rings (SSSR count). The Hall–Kier alpha value is -1.52. The molecule has 23 heavy (non-hydrogen) atoms. The van der Waals surface area contributed by atoms with E-state index in [1.54, 1.807) is 0 Å². The van der Waals surface area contributed by atoms with Crippen LogP contribution in [0.5, 0.6) is 0 Å². The second-order valence-electron chi connectivity index (χ2n) is 7.84. The summed E-state index contributed by atoms with van der Waals surface area (Å²) in [6.45, 7) is 13.5. The summed E-state index contributed by atoms with van der Waals surface area (Å²) in [5, 5.41) is 2.87. The van der Waals surface area contributed by atoms with Crippen LogP contribution in [-0.4, -0.2) is 29.8 Å². The minimum Gasteiger partial charge on any atom is -0.460 e. The number of alkyl carbamates (subject to hydrolysis) is 1. The number of nitrogens with one attached hydrogen (secondary N) is 1. The van der Waals surface area contributed by atoms with E-state index in [4.69, 9.17) is 9.47 Å². The molecule has 5 nitrogen and oxygen atoms in total. The van der Waals surface area contributed by atoms with E-state index < -0.39 is 11.7 Å². The number of carbonyl (C=O) groups is 2. The van der Waals surface area contributed by atoms with Crippen LogP contribution in [0.4, 0.5) is 4.79 Å². The lowest BCUT2D eigenvalue weighted by atomic mass is 9.92. The van der Waals surface area contributed by atoms with E-state index >= 15 is 0 Å². The molecule has 0 aliphatic carbocycles. The number of hydrogen-bond acceptors (Lipinski definition) is 4. The van der Waals surface area contributed by atoms with Crippen molar-refractivity contribution in [2.45, 2.75) is 79.1 Å². The predicted octanol–water partition coefficient (Wildman–Crippen LogP) is 3.82. The Bertz CT molecular complexity index is 458. The van der Waals surface area contributed by atoms with Gasteiger partial charge in [-0.15, -0.1) is 0 Å². The topological polar surface area (TPSA) is 64.6 Å². The summed E-state index contributed by atoms with van der Waals surface area (Å²) in [5.41, 5.74) is 0.637. The molecule has 0 spiro atoms. The number of ether oxygens (including phenoxy) is 2. The number of rotatable bonds is 5. The fraction of sp³-hybridized carbons (Fsp3) is 0.778. The predicted molar refractivity (Wildman–Crippen MR) is 90.0 cm³/mol. The first-order valence-electron chi connectivity index (χ1n) is 8.33. The van der Waals surface area contributed by atoms with Crippen LogP contribution in [-0.2, 0) is 14.3 Å². The lowest BCUT2D eigenvalue weighted by molar-refractivity contribution is -0.145. The van der Waals surface area contributed by atoms with E-state index in [-0.39, 0.29) is 30.0 Å². The van der Waals surface area contributed by atoms with E-state index in [9.17, 15) is 9.59 Å². The van der Waals surface area contributed by atoms with Crippen LogP contribution in [0.1, 0.15) is 61.3 Å². The van der Waals surface area contributed by atoms with Crippen LogP contribution < -0.4 is 5.32 Å². The Morgan fingerprint density at radius 3 is 2.48 bits per heavy atom. The third-order valence-electron chi connectivity index (χ3n) is 3.73. The van der Waals surface area contributed by atoms with Crippen LogP contribution in [0.2, 0.25) is 0 Å². The average Bonchev–Trinajstić information content (AvgIpc) is 2.72. The second kappa shape index (κ2) is 7.84. The Labute approximate surface area is 139 Å². The SMILES string of the molecule is CC(C)=CC[C@@H]1C[C@@H]([C@@H](NC(=O)OC(C)(C)C)C(C)C)OC1=O. The smallest absolute Gasteiger partial charge is 0.408 e. The number of cyclic esters (lactones) is 1. The van der Waals surface area contributed by atoms with Gasteiger partial charge in [0, 0.05) is 0 Å². The molecule has 1 heterocycles. The first kappa shape index (κ1) is 19.5. The van der Waals surface area contributed by atoms with Crippen LogP contribution in [0.25, 0.3) is 0 Å². The van der Waals surface area contributed by atoms with Gasteiger partial charge in [0.05, 0.1) is 12.0 Å². The Morgan fingerprint density at radius 1 is 1.39 bits per heavy atom. The molecule has 1 aliphatic heterocycles. The molecule has 0 bridgehead atoms. The van der Waals surface area contributed by atoms with Crippen molar-refractivity contribution in [1.29, 1.82) is 0 Å². The maximum Gasteiger partial charge on any atom is 0.408 e. The summed E-state index contributed by atoms with van der Waals surface area (Å²) in [5.74, 6) is -0.164. The van der Waals surface area contributed by atoms with Gasteiger partial charge in [-0.05, 0) is 53.4 Å². The fourth-order valence-electron chi connectivity index (χ4n) is 2.59. The lowest BCUT2D eigenvalue weighted by Crippen LogP contribution is -2.48. The van der Waals surface area contributed by atoms with Gasteiger partial charge in [-0.1, -0.05) is 25.5 Å². The normalized spacial score (nSPS) is 22.5. The number of amides is 1. The zero-order valence-corrected chi connectivity index (χ0v) is 15.4. The van der Waals surface area contributed by atoms with Gasteiger partial charge in [0.15, 0.2) is 0 Å². The van der Waals surface area contributed by atoms with Crippen molar-refractivity contribution < 1.29 is 19.1 Å². The maximum atomic E-state index is 12.0. The van der Waals surface area contributed by atoms with Crippen LogP contribution in [0, 0.1) is 11.8 Å². The number of allylic oxidation sites excluding steroid dienone is 2. The monoisotopic (exact) mass is 325 g/mol. The standard InChI is InChI=1S/C18H31NO4/c1-11(2)8-9-13-10-14(22-16(13)20)15(12(3)4)19-17(21)23-18(5,6)7/h8,12-15H,9-10H2,1-7H3,(H,19,21)/t13-,14+,15+/m1/s1. The third kappa shape index (κ3) is 6.63. The molecule has 0 unspecified atom stereocenters. The minimum atomic E-state index is -0.552. The number of carbonyl (C=O) groups excluding carboxylic acids is 2. The van der Waals surface area contributed by atoms with Gasteiger partial charge in [0.2, 0.25) is 0 Å². The molecule has 5 heteroatoms. The second-order valence-corrected chi connectivity index (χ2v) is 7.84. The van der Waals surface area contributed by atoms with Gasteiger partial charge in [-0.2, -0.15) is 0 Å². The van der Waals surface area contributed by atoms with Crippen LogP contribution >= 0.6 is 0 Å². The van der Waals surface area contributed by atoms with E-state index in [2.05, 4.69) is 11.4 Å². The summed E-state index contributed by atoms with van der Waals surface area (Å²) in [4.78, 5) is 24.1. The highest BCUT2D eigenvalue weighted by molar-refractivity contribution is 5.75. The average molecular weight is 325 g/mol. The van der Waals surface area contributed by atoms with Crippen molar-refractivity contribution in [2.75, 3.05) is 0 Å². The molecule has 0 aromatic heterocycles. The van der Waals surface area contributed by atoms with Crippen molar-refractivity contribution in [2.24, 2.45) is 11.8 Å². The zero-order valence-electron chi connectivity index (χ0n) is 15.4. The lowest BCUT2D eigenvalue weighted by Gasteiger charge is -2.28. The highest BCUT2D eigenvalue weighted by atomic mass is 16.6. The van der Waals surface area contributed by atoms with Crippen LogP contribution in [0.15, 0.2) is 11.6 Å². The van der Waals surface area contributed by atoms with Crippen molar-refractivity contribution >= 4 is 12.1 Å². The highest BCUT2D eigenvalue weighted by Gasteiger charge is 2.40. The van der Waals surface area contributed by atoms with Gasteiger partial charge in [0.25, 0.3) is 0 Å². The van der Waals surface area contributed by atoms with E-state index in [1.807, 2.05) is 48.5 Å². The molecular weight excluding hydrogens is 294 g/mol. The summed E-state index contributed by atoms with van der Waals surface area (Å²) < 4.78 is 10.8. The van der Waals surface area contributed by atoms with Crippen molar-refractivity contribution in [1.82, 2.24) is 5.32 Å². The summed E-state index contributed by atoms with van der Waals surface area (Å²) in [7, 11) is 0. The molecular formula is C18H31NO4. The third-order valence-corrected chi connectivity index (χ3v) is 3.73. The Balaban J connectivity index is 2.70. The quantitative estimate of drug-likeness (QED) is 0.616. The number of hydrogen-bond donors (Lipinski definition) is 1. The summed E-state index contributed by atoms with van der Waals surface area (Å²) in [6, 6.07) is -0.245. The number of esters is 1. The molecule has 1 saturated heterocycles. The van der Waals surface area contributed by atoms with Crippen molar-refractivity contribution in [3.63, 3.8) is 0 Å². The Morgan fingerprint density at radius 2 is 2.00 bits per heavy atom. The summed E-state index contributed by atoms with van der Waals surface area (Å²) >= 11 is 0. The fourth-order valence-corrected chi connectivity index (χ4v) is 2.59. The summed E-state index contributed by atoms with van der Waals surface area (Å²) in [6.07, 6.45) is 2.60. The molecule has 1 N–H and O–H groups in total. The largest absolute Gasteiger partial charge is 0.460 e. The molecule has 0 aromatic rings. The molecule has 0 saturated carbocycles. The minimum absolute atomic E-state index is 0.128. The van der Waals surface area contributed by atoms with E-state index in [1.165, 1.54) is 5.57 Å². The van der Waals surface area contributed by atoms with Gasteiger partial charge in [-0.25, -0.2) is 4.79 Å². The molecule has 0 aromatic carbocycles. The van der Waals surface area contributed by atoms with E-state index in [0.717, 1.165) is 0 Å². The molecule has 0 radical (unpaired) electrons. The van der Waals surface area contributed by atoms with E-state index in [0.29, 0.717) is 12.8 Å². The first-order chi connectivity index (χ1) is 10.5. The van der Waals surface area contributed by atoms with Gasteiger partial charge >= 0.3 is 12.1 Å². The molecule has 132 valence electrons. The maximum absolute atomic E-state index is 12.0. The van der Waals surface area contributed by atoms with Gasteiger partial charge in [0.1, 0.15) is 11.7 Å². The Kier molecular flexibility index (Phi) is 6.66. The molecule has 1 amide bonds. The van der Waals surface area contributed by atoms with Crippen LogP contribution in [0.3, 0.4) is 0 Å². The van der Waals surface area contributed by atoms with Gasteiger partial charge < -0.3 is 14.8 Å². The molecule has 1 aliphatic rings. The first-order valence-corrected chi connectivity index (χ1v) is 8.33. The van der Waals surface area contributed by atoms with Gasteiger partial charge in [-0.3, -0.25) is 4.79 Å². The molecule has 3 atom stereocenters. The highest BCUT2D eigenvalue weighted by Crippen LogP contribution is 2.29. The molecule has 1 fully saturated rings. The zero-order chi connectivity index (χ0) is 17.8.